The molecule has 9 nitrogen and oxygen atoms in total. The summed E-state index contributed by atoms with van der Waals surface area (Å²) in [5.41, 5.74) is 0.581. The molecule has 2 fully saturated rings. The van der Waals surface area contributed by atoms with Crippen LogP contribution in [0.1, 0.15) is 12.8 Å². The third kappa shape index (κ3) is 3.34. The zero-order chi connectivity index (χ0) is 18.6. The number of amides is 1. The van der Waals surface area contributed by atoms with Gasteiger partial charge in [-0.2, -0.15) is 4.98 Å². The highest BCUT2D eigenvalue weighted by Crippen LogP contribution is 2.41. The number of ether oxygens (including phenoxy) is 1. The lowest BCUT2D eigenvalue weighted by Gasteiger charge is -2.23. The van der Waals surface area contributed by atoms with Crippen LogP contribution in [0, 0.1) is 5.41 Å². The number of hydrogen-bond donors (Lipinski definition) is 2. The highest BCUT2D eigenvalue weighted by atomic mass is 16.5. The first-order valence-electron chi connectivity index (χ1n) is 8.55. The third-order valence-corrected chi connectivity index (χ3v) is 5.09. The molecule has 1 amide bonds. The van der Waals surface area contributed by atoms with Gasteiger partial charge in [-0.05, 0) is 18.9 Å². The van der Waals surface area contributed by atoms with Gasteiger partial charge < -0.3 is 24.6 Å². The van der Waals surface area contributed by atoms with Gasteiger partial charge in [-0.1, -0.05) is 0 Å². The molecule has 9 heteroatoms. The van der Waals surface area contributed by atoms with Crippen molar-refractivity contribution in [2.45, 2.75) is 12.8 Å². The van der Waals surface area contributed by atoms with Crippen LogP contribution < -0.4 is 4.90 Å². The molecule has 0 radical (unpaired) electrons. The summed E-state index contributed by atoms with van der Waals surface area (Å²) in [6.07, 6.45) is 5.49. The van der Waals surface area contributed by atoms with Crippen molar-refractivity contribution < 1.29 is 19.4 Å². The minimum Gasteiger partial charge on any atom is -0.483 e. The SMILES string of the molecule is COCCN1CCC2(CCN(c3ncc4cc[nH]c4n3)C2)C1=O.O=CO. The lowest BCUT2D eigenvalue weighted by Crippen LogP contribution is -2.38. The standard InChI is InChI=1S/C16H21N5O2.CH2O2/c1-23-9-8-20-6-3-16(14(20)22)4-7-21(11-16)15-18-10-12-2-5-17-13(12)19-15;2-1-3/h2,5,10H,3-4,6-9,11H2,1H3,(H,17,18,19);1H,(H,2,3). The summed E-state index contributed by atoms with van der Waals surface area (Å²) < 4.78 is 5.10. The Morgan fingerprint density at radius 1 is 1.42 bits per heavy atom. The number of nitrogens with one attached hydrogen (secondary N) is 1. The van der Waals surface area contributed by atoms with Gasteiger partial charge in [-0.25, -0.2) is 4.98 Å². The van der Waals surface area contributed by atoms with Gasteiger partial charge in [0.05, 0.1) is 12.0 Å². The number of rotatable bonds is 4. The summed E-state index contributed by atoms with van der Waals surface area (Å²) in [6.45, 7) is 3.39. The highest BCUT2D eigenvalue weighted by Gasteiger charge is 2.51. The first kappa shape index (κ1) is 18.1. The summed E-state index contributed by atoms with van der Waals surface area (Å²) >= 11 is 0. The minimum atomic E-state index is -0.262. The zero-order valence-electron chi connectivity index (χ0n) is 14.7. The van der Waals surface area contributed by atoms with Gasteiger partial charge in [-0.15, -0.1) is 0 Å². The number of carboxylic acid groups (broad SMARTS) is 1. The maximum atomic E-state index is 12.8. The number of methoxy groups -OCH3 is 1. The van der Waals surface area contributed by atoms with Crippen molar-refractivity contribution in [3.05, 3.63) is 18.5 Å². The number of H-pyrrole nitrogens is 1. The van der Waals surface area contributed by atoms with E-state index in [0.29, 0.717) is 25.6 Å². The molecule has 1 spiro atoms. The topological polar surface area (TPSA) is 112 Å². The number of hydrogen-bond acceptors (Lipinski definition) is 6. The van der Waals surface area contributed by atoms with Crippen molar-refractivity contribution in [1.82, 2.24) is 19.9 Å². The fourth-order valence-electron chi connectivity index (χ4n) is 3.71. The molecular weight excluding hydrogens is 338 g/mol. The number of carbonyl (C=O) groups excluding carboxylic acids is 1. The molecule has 0 aromatic carbocycles. The molecule has 4 rings (SSSR count). The quantitative estimate of drug-likeness (QED) is 0.772. The Labute approximate surface area is 151 Å². The maximum absolute atomic E-state index is 12.8. The monoisotopic (exact) mass is 361 g/mol. The average molecular weight is 361 g/mol. The molecule has 0 bridgehead atoms. The van der Waals surface area contributed by atoms with Crippen LogP contribution in [0.2, 0.25) is 0 Å². The van der Waals surface area contributed by atoms with Crippen molar-refractivity contribution in [1.29, 1.82) is 0 Å². The molecule has 0 saturated carbocycles. The number of anilines is 1. The largest absolute Gasteiger partial charge is 0.483 e. The van der Waals surface area contributed by atoms with E-state index in [1.54, 1.807) is 7.11 Å². The lowest BCUT2D eigenvalue weighted by atomic mass is 9.85. The Morgan fingerprint density at radius 3 is 2.96 bits per heavy atom. The van der Waals surface area contributed by atoms with E-state index < -0.39 is 0 Å². The smallest absolute Gasteiger partial charge is 0.290 e. The second-order valence-electron chi connectivity index (χ2n) is 6.54. The molecule has 2 N–H and O–H groups in total. The molecule has 0 aliphatic carbocycles. The molecule has 2 aromatic rings. The van der Waals surface area contributed by atoms with Crippen LogP contribution >= 0.6 is 0 Å². The summed E-state index contributed by atoms with van der Waals surface area (Å²) in [5.74, 6) is 0.970. The molecular formula is C17H23N5O4. The van der Waals surface area contributed by atoms with E-state index in [1.165, 1.54) is 0 Å². The predicted molar refractivity (Wildman–Crippen MR) is 94.9 cm³/mol. The minimum absolute atomic E-state index is 0.250. The fourth-order valence-corrected chi connectivity index (χ4v) is 3.71. The molecule has 1 atom stereocenters. The van der Waals surface area contributed by atoms with Gasteiger partial charge >= 0.3 is 0 Å². The van der Waals surface area contributed by atoms with E-state index >= 15 is 0 Å². The number of carbonyl (C=O) groups is 2. The normalized spacial score (nSPS) is 22.1. The average Bonchev–Trinajstić information content (AvgIpc) is 3.35. The summed E-state index contributed by atoms with van der Waals surface area (Å²) in [5, 5.41) is 7.89. The van der Waals surface area contributed by atoms with Gasteiger partial charge in [-0.3, -0.25) is 9.59 Å². The Balaban J connectivity index is 0.000000613. The predicted octanol–water partition coefficient (Wildman–Crippen LogP) is 0.734. The summed E-state index contributed by atoms with van der Waals surface area (Å²) in [6, 6.07) is 1.96. The first-order chi connectivity index (χ1) is 12.6. The molecule has 2 aliphatic heterocycles. The van der Waals surface area contributed by atoms with Crippen LogP contribution in [0.25, 0.3) is 11.0 Å². The number of aromatic nitrogens is 3. The fraction of sp³-hybridized carbons (Fsp3) is 0.529. The lowest BCUT2D eigenvalue weighted by molar-refractivity contribution is -0.135. The Morgan fingerprint density at radius 2 is 2.19 bits per heavy atom. The Kier molecular flexibility index (Phi) is 5.36. The van der Waals surface area contributed by atoms with Crippen molar-refractivity contribution in [2.75, 3.05) is 44.8 Å². The van der Waals surface area contributed by atoms with Crippen molar-refractivity contribution in [3.63, 3.8) is 0 Å². The number of aromatic amines is 1. The zero-order valence-corrected chi connectivity index (χ0v) is 14.7. The van der Waals surface area contributed by atoms with Gasteiger partial charge in [0.15, 0.2) is 0 Å². The van der Waals surface area contributed by atoms with Gasteiger partial charge in [0, 0.05) is 51.1 Å². The molecule has 26 heavy (non-hydrogen) atoms. The first-order valence-corrected chi connectivity index (χ1v) is 8.55. The molecule has 4 heterocycles. The molecule has 2 saturated heterocycles. The molecule has 140 valence electrons. The molecule has 1 unspecified atom stereocenters. The van der Waals surface area contributed by atoms with E-state index in [2.05, 4.69) is 19.9 Å². The molecule has 2 aromatic heterocycles. The number of fused-ring (bicyclic) bond motifs is 1. The van der Waals surface area contributed by atoms with E-state index in [9.17, 15) is 4.79 Å². The van der Waals surface area contributed by atoms with E-state index in [4.69, 9.17) is 14.6 Å². The Hall–Kier alpha value is -2.68. The Bertz CT molecular complexity index is 779. The van der Waals surface area contributed by atoms with E-state index in [-0.39, 0.29) is 17.8 Å². The third-order valence-electron chi connectivity index (χ3n) is 5.09. The van der Waals surface area contributed by atoms with Crippen LogP contribution in [0.3, 0.4) is 0 Å². The highest BCUT2D eigenvalue weighted by molar-refractivity contribution is 5.86. The number of likely N-dealkylation sites (tertiary alicyclic amines) is 1. The van der Waals surface area contributed by atoms with Crippen LogP contribution in [0.5, 0.6) is 0 Å². The van der Waals surface area contributed by atoms with Crippen molar-refractivity contribution in [2.24, 2.45) is 5.41 Å². The van der Waals surface area contributed by atoms with Crippen LogP contribution in [-0.4, -0.2) is 77.2 Å². The number of nitrogens with zero attached hydrogens (tertiary/aromatic N) is 4. The van der Waals surface area contributed by atoms with Crippen molar-refractivity contribution >= 4 is 29.4 Å². The second kappa shape index (κ2) is 7.69. The molecule has 2 aliphatic rings. The van der Waals surface area contributed by atoms with Crippen LogP contribution in [-0.2, 0) is 14.3 Å². The van der Waals surface area contributed by atoms with Crippen LogP contribution in [0.4, 0.5) is 5.95 Å². The second-order valence-corrected chi connectivity index (χ2v) is 6.54. The maximum Gasteiger partial charge on any atom is 0.290 e. The van der Waals surface area contributed by atoms with E-state index in [0.717, 1.165) is 37.0 Å². The summed E-state index contributed by atoms with van der Waals surface area (Å²) in [7, 11) is 1.67. The van der Waals surface area contributed by atoms with Crippen molar-refractivity contribution in [3.8, 4) is 0 Å². The van der Waals surface area contributed by atoms with Crippen LogP contribution in [0.15, 0.2) is 18.5 Å². The van der Waals surface area contributed by atoms with Gasteiger partial charge in [0.25, 0.3) is 6.47 Å². The van der Waals surface area contributed by atoms with Gasteiger partial charge in [0.1, 0.15) is 5.65 Å². The van der Waals surface area contributed by atoms with E-state index in [1.807, 2.05) is 23.4 Å². The van der Waals surface area contributed by atoms with Gasteiger partial charge in [0.2, 0.25) is 11.9 Å². The summed E-state index contributed by atoms with van der Waals surface area (Å²) in [4.78, 5) is 37.4.